The number of nitrogens with one attached hydrogen (secondary N) is 1. The van der Waals surface area contributed by atoms with Crippen LogP contribution in [0.4, 0.5) is 10.5 Å². The van der Waals surface area contributed by atoms with Crippen molar-refractivity contribution in [1.82, 2.24) is 9.88 Å². The number of benzene rings is 2. The molecular weight excluding hydrogens is 354 g/mol. The molecular formula is C22H23N3O3. The Kier molecular flexibility index (Phi) is 4.88. The molecule has 0 aliphatic carbocycles. The number of carbonyl (C=O) groups excluding carboxylic acids is 1. The Bertz CT molecular complexity index is 992. The van der Waals surface area contributed by atoms with Gasteiger partial charge in [-0.15, -0.1) is 0 Å². The Morgan fingerprint density at radius 3 is 2.82 bits per heavy atom. The van der Waals surface area contributed by atoms with Crippen LogP contribution in [0.1, 0.15) is 28.6 Å². The number of amides is 2. The lowest BCUT2D eigenvalue weighted by molar-refractivity contribution is 0.135. The van der Waals surface area contributed by atoms with Gasteiger partial charge >= 0.3 is 6.03 Å². The number of nitrogens with zero attached hydrogens (tertiary/aromatic N) is 2. The molecule has 0 fully saturated rings. The van der Waals surface area contributed by atoms with Crippen molar-refractivity contribution < 1.29 is 14.3 Å². The summed E-state index contributed by atoms with van der Waals surface area (Å²) in [4.78, 5) is 19.0. The number of carbonyl (C=O) groups is 1. The van der Waals surface area contributed by atoms with Crippen LogP contribution in [-0.4, -0.2) is 34.2 Å². The molecule has 1 atom stereocenters. The van der Waals surface area contributed by atoms with E-state index in [1.54, 1.807) is 4.90 Å². The SMILES string of the molecule is Cc1nc(-c2cccc(NC(=O)N3CCc4ccccc4C3CO)c2)oc1C. The number of anilines is 1. The van der Waals surface area contributed by atoms with E-state index in [9.17, 15) is 9.90 Å². The van der Waals surface area contributed by atoms with E-state index in [0.717, 1.165) is 29.0 Å². The number of aryl methyl sites for hydroxylation is 2. The van der Waals surface area contributed by atoms with E-state index in [1.165, 1.54) is 5.56 Å². The fourth-order valence-electron chi connectivity index (χ4n) is 3.61. The van der Waals surface area contributed by atoms with Gasteiger partial charge in [-0.3, -0.25) is 0 Å². The zero-order valence-electron chi connectivity index (χ0n) is 16.0. The Balaban J connectivity index is 1.55. The number of aliphatic hydroxyl groups excluding tert-OH is 1. The highest BCUT2D eigenvalue weighted by molar-refractivity contribution is 5.90. The molecule has 1 aromatic heterocycles. The van der Waals surface area contributed by atoms with E-state index in [0.29, 0.717) is 18.1 Å². The second kappa shape index (κ2) is 7.48. The number of aliphatic hydroxyl groups is 1. The molecule has 1 aliphatic heterocycles. The number of aromatic nitrogens is 1. The molecule has 144 valence electrons. The van der Waals surface area contributed by atoms with E-state index in [1.807, 2.05) is 56.3 Å². The van der Waals surface area contributed by atoms with Gasteiger partial charge in [-0.05, 0) is 49.6 Å². The highest BCUT2D eigenvalue weighted by Crippen LogP contribution is 2.30. The number of fused-ring (bicyclic) bond motifs is 1. The minimum atomic E-state index is -0.342. The largest absolute Gasteiger partial charge is 0.441 e. The molecule has 0 bridgehead atoms. The van der Waals surface area contributed by atoms with Gasteiger partial charge in [0, 0.05) is 17.8 Å². The quantitative estimate of drug-likeness (QED) is 0.721. The second-order valence-corrected chi connectivity index (χ2v) is 7.01. The van der Waals surface area contributed by atoms with Crippen LogP contribution < -0.4 is 5.32 Å². The Hall–Kier alpha value is -3.12. The first-order valence-corrected chi connectivity index (χ1v) is 9.37. The van der Waals surface area contributed by atoms with Gasteiger partial charge in [0.2, 0.25) is 5.89 Å². The average Bonchev–Trinajstić information content (AvgIpc) is 3.05. The molecule has 4 rings (SSSR count). The number of rotatable bonds is 3. The van der Waals surface area contributed by atoms with Crippen LogP contribution in [0.5, 0.6) is 0 Å². The maximum absolute atomic E-state index is 12.9. The summed E-state index contributed by atoms with van der Waals surface area (Å²) in [7, 11) is 0. The van der Waals surface area contributed by atoms with Gasteiger partial charge in [-0.1, -0.05) is 30.3 Å². The maximum Gasteiger partial charge on any atom is 0.322 e. The fraction of sp³-hybridized carbons (Fsp3) is 0.273. The molecule has 6 nitrogen and oxygen atoms in total. The lowest BCUT2D eigenvalue weighted by atomic mass is 9.93. The van der Waals surface area contributed by atoms with Crippen molar-refractivity contribution in [1.29, 1.82) is 0 Å². The zero-order valence-corrected chi connectivity index (χ0v) is 16.0. The van der Waals surface area contributed by atoms with Gasteiger partial charge < -0.3 is 19.7 Å². The van der Waals surface area contributed by atoms with Crippen molar-refractivity contribution in [2.45, 2.75) is 26.3 Å². The molecule has 2 aromatic carbocycles. The number of urea groups is 1. The van der Waals surface area contributed by atoms with E-state index < -0.39 is 0 Å². The molecule has 3 aromatic rings. The summed E-state index contributed by atoms with van der Waals surface area (Å²) >= 11 is 0. The van der Waals surface area contributed by atoms with Crippen molar-refractivity contribution >= 4 is 11.7 Å². The Morgan fingerprint density at radius 2 is 2.07 bits per heavy atom. The normalized spacial score (nSPS) is 16.0. The summed E-state index contributed by atoms with van der Waals surface area (Å²) in [6.45, 7) is 4.23. The average molecular weight is 377 g/mol. The third-order valence-corrected chi connectivity index (χ3v) is 5.24. The number of hydrogen-bond donors (Lipinski definition) is 2. The smallest absolute Gasteiger partial charge is 0.322 e. The predicted octanol–water partition coefficient (Wildman–Crippen LogP) is 4.08. The topological polar surface area (TPSA) is 78.6 Å². The van der Waals surface area contributed by atoms with Crippen molar-refractivity contribution in [3.63, 3.8) is 0 Å². The van der Waals surface area contributed by atoms with E-state index >= 15 is 0 Å². The zero-order chi connectivity index (χ0) is 19.7. The molecule has 2 amide bonds. The van der Waals surface area contributed by atoms with Crippen molar-refractivity contribution in [3.05, 3.63) is 71.1 Å². The van der Waals surface area contributed by atoms with Crippen LogP contribution in [0.15, 0.2) is 52.9 Å². The lowest BCUT2D eigenvalue weighted by Crippen LogP contribution is -2.43. The summed E-state index contributed by atoms with van der Waals surface area (Å²) in [5, 5.41) is 12.8. The van der Waals surface area contributed by atoms with Gasteiger partial charge in [-0.2, -0.15) is 0 Å². The lowest BCUT2D eigenvalue weighted by Gasteiger charge is -2.36. The van der Waals surface area contributed by atoms with E-state index in [4.69, 9.17) is 4.42 Å². The van der Waals surface area contributed by atoms with Crippen LogP contribution in [0.3, 0.4) is 0 Å². The van der Waals surface area contributed by atoms with Crippen LogP contribution in [0.25, 0.3) is 11.5 Å². The van der Waals surface area contributed by atoms with Crippen molar-refractivity contribution in [2.24, 2.45) is 0 Å². The minimum absolute atomic E-state index is 0.112. The van der Waals surface area contributed by atoms with Crippen LogP contribution in [0.2, 0.25) is 0 Å². The summed E-state index contributed by atoms with van der Waals surface area (Å²) in [6, 6.07) is 14.8. The molecule has 0 saturated carbocycles. The molecule has 2 N–H and O–H groups in total. The minimum Gasteiger partial charge on any atom is -0.441 e. The number of hydrogen-bond acceptors (Lipinski definition) is 4. The standard InChI is InChI=1S/C22H23N3O3/c1-14-15(2)28-21(23-14)17-7-5-8-18(12-17)24-22(27)25-11-10-16-6-3-4-9-19(16)20(25)13-26/h3-9,12,20,26H,10-11,13H2,1-2H3,(H,24,27). The molecule has 0 saturated heterocycles. The van der Waals surface area contributed by atoms with Crippen LogP contribution in [-0.2, 0) is 6.42 Å². The van der Waals surface area contributed by atoms with Gasteiger partial charge in [0.1, 0.15) is 5.76 Å². The van der Waals surface area contributed by atoms with Gasteiger partial charge in [0.15, 0.2) is 0 Å². The molecule has 2 heterocycles. The third-order valence-electron chi connectivity index (χ3n) is 5.24. The Morgan fingerprint density at radius 1 is 1.25 bits per heavy atom. The van der Waals surface area contributed by atoms with E-state index in [-0.39, 0.29) is 18.7 Å². The first-order chi connectivity index (χ1) is 13.6. The van der Waals surface area contributed by atoms with Crippen molar-refractivity contribution in [2.75, 3.05) is 18.5 Å². The molecule has 1 unspecified atom stereocenters. The Labute approximate surface area is 163 Å². The maximum atomic E-state index is 12.9. The second-order valence-electron chi connectivity index (χ2n) is 7.01. The summed E-state index contributed by atoms with van der Waals surface area (Å²) < 4.78 is 5.68. The first-order valence-electron chi connectivity index (χ1n) is 9.37. The van der Waals surface area contributed by atoms with Crippen LogP contribution >= 0.6 is 0 Å². The molecule has 0 spiro atoms. The molecule has 0 radical (unpaired) electrons. The summed E-state index contributed by atoms with van der Waals surface area (Å²) in [6.07, 6.45) is 0.773. The molecule has 6 heteroatoms. The highest BCUT2D eigenvalue weighted by Gasteiger charge is 2.30. The highest BCUT2D eigenvalue weighted by atomic mass is 16.4. The van der Waals surface area contributed by atoms with Crippen molar-refractivity contribution in [3.8, 4) is 11.5 Å². The van der Waals surface area contributed by atoms with Gasteiger partial charge in [0.05, 0.1) is 18.3 Å². The van der Waals surface area contributed by atoms with Crippen LogP contribution in [0, 0.1) is 13.8 Å². The van der Waals surface area contributed by atoms with Gasteiger partial charge in [0.25, 0.3) is 0 Å². The fourth-order valence-corrected chi connectivity index (χ4v) is 3.61. The molecule has 28 heavy (non-hydrogen) atoms. The predicted molar refractivity (Wildman–Crippen MR) is 107 cm³/mol. The third kappa shape index (κ3) is 3.39. The van der Waals surface area contributed by atoms with E-state index in [2.05, 4.69) is 16.4 Å². The monoisotopic (exact) mass is 377 g/mol. The summed E-state index contributed by atoms with van der Waals surface area (Å²) in [5.74, 6) is 1.31. The van der Waals surface area contributed by atoms with Gasteiger partial charge in [-0.25, -0.2) is 9.78 Å². The summed E-state index contributed by atoms with van der Waals surface area (Å²) in [5.41, 5.74) is 4.50. The molecule has 1 aliphatic rings. The first kappa shape index (κ1) is 18.3. The number of oxazole rings is 1.